The van der Waals surface area contributed by atoms with Gasteiger partial charge in [-0.05, 0) is 85.0 Å². The molecule has 0 unspecified atom stereocenters. The molecule has 0 radical (unpaired) electrons. The molecular formula is C34H29F3N2O3. The van der Waals surface area contributed by atoms with Crippen LogP contribution in [-0.2, 0) is 12.7 Å². The lowest BCUT2D eigenvalue weighted by Crippen LogP contribution is -2.26. The predicted molar refractivity (Wildman–Crippen MR) is 157 cm³/mol. The topological polar surface area (TPSA) is 71.3 Å². The number of hydrogen-bond donors (Lipinski definition) is 2. The number of fused-ring (bicyclic) bond motifs is 1. The Morgan fingerprint density at radius 2 is 1.57 bits per heavy atom. The predicted octanol–water partition coefficient (Wildman–Crippen LogP) is 8.18. The van der Waals surface area contributed by atoms with Gasteiger partial charge in [0.25, 0.3) is 5.91 Å². The van der Waals surface area contributed by atoms with Crippen LogP contribution < -0.4 is 5.32 Å². The molecule has 1 amide bonds. The maximum absolute atomic E-state index is 13.1. The first-order valence-corrected chi connectivity index (χ1v) is 13.4. The highest BCUT2D eigenvalue weighted by molar-refractivity contribution is 5.99. The SMILES string of the molecule is Cc1c(C)n(Cc2ccc(-c3ccccc3C(=O)O)cc2)c2ccc(C(=O)N[C@@H](C)c3ccc(C(F)(F)F)cc3)cc12. The van der Waals surface area contributed by atoms with Crippen LogP contribution in [0.4, 0.5) is 13.2 Å². The van der Waals surface area contributed by atoms with Gasteiger partial charge in [-0.1, -0.05) is 54.6 Å². The Bertz CT molecular complexity index is 1790. The van der Waals surface area contributed by atoms with Crippen molar-refractivity contribution < 1.29 is 27.9 Å². The van der Waals surface area contributed by atoms with Crippen LogP contribution in [0.5, 0.6) is 0 Å². The number of amides is 1. The third-order valence-corrected chi connectivity index (χ3v) is 7.75. The van der Waals surface area contributed by atoms with Crippen molar-refractivity contribution in [1.29, 1.82) is 0 Å². The minimum absolute atomic E-state index is 0.252. The van der Waals surface area contributed by atoms with Crippen molar-refractivity contribution in [2.75, 3.05) is 0 Å². The number of alkyl halides is 3. The van der Waals surface area contributed by atoms with Crippen molar-refractivity contribution in [3.8, 4) is 11.1 Å². The summed E-state index contributed by atoms with van der Waals surface area (Å²) in [5.41, 5.74) is 6.15. The highest BCUT2D eigenvalue weighted by Gasteiger charge is 2.30. The fourth-order valence-electron chi connectivity index (χ4n) is 5.21. The molecule has 8 heteroatoms. The van der Waals surface area contributed by atoms with Crippen molar-refractivity contribution in [3.63, 3.8) is 0 Å². The minimum atomic E-state index is -4.41. The molecule has 214 valence electrons. The summed E-state index contributed by atoms with van der Waals surface area (Å²) in [5.74, 6) is -1.28. The van der Waals surface area contributed by atoms with Gasteiger partial charge in [-0.3, -0.25) is 4.79 Å². The van der Waals surface area contributed by atoms with Gasteiger partial charge >= 0.3 is 12.1 Å². The number of aromatic nitrogens is 1. The number of aromatic carboxylic acids is 1. The zero-order chi connectivity index (χ0) is 30.2. The molecule has 2 N–H and O–H groups in total. The van der Waals surface area contributed by atoms with Crippen molar-refractivity contribution >= 4 is 22.8 Å². The largest absolute Gasteiger partial charge is 0.478 e. The van der Waals surface area contributed by atoms with Crippen LogP contribution >= 0.6 is 0 Å². The van der Waals surface area contributed by atoms with Gasteiger partial charge in [0.05, 0.1) is 17.2 Å². The summed E-state index contributed by atoms with van der Waals surface area (Å²) in [5, 5.41) is 13.4. The molecule has 1 heterocycles. The Hall–Kier alpha value is -4.85. The Morgan fingerprint density at radius 3 is 2.21 bits per heavy atom. The average molecular weight is 571 g/mol. The maximum Gasteiger partial charge on any atom is 0.416 e. The Balaban J connectivity index is 1.35. The number of rotatable bonds is 7. The molecule has 0 aliphatic carbocycles. The molecule has 0 bridgehead atoms. The summed E-state index contributed by atoms with van der Waals surface area (Å²) in [6, 6.07) is 24.5. The normalized spacial score (nSPS) is 12.3. The van der Waals surface area contributed by atoms with Crippen LogP contribution in [0.1, 0.15) is 61.6 Å². The van der Waals surface area contributed by atoms with Crippen molar-refractivity contribution in [3.05, 3.63) is 130 Å². The second-order valence-corrected chi connectivity index (χ2v) is 10.4. The summed E-state index contributed by atoms with van der Waals surface area (Å²) < 4.78 is 40.9. The highest BCUT2D eigenvalue weighted by atomic mass is 19.4. The van der Waals surface area contributed by atoms with Crippen molar-refractivity contribution in [2.45, 2.75) is 39.5 Å². The van der Waals surface area contributed by atoms with Gasteiger partial charge in [-0.25, -0.2) is 4.79 Å². The van der Waals surface area contributed by atoms with E-state index in [1.54, 1.807) is 31.2 Å². The molecule has 4 aromatic carbocycles. The smallest absolute Gasteiger partial charge is 0.416 e. The Kier molecular flexibility index (Phi) is 7.65. The monoisotopic (exact) mass is 570 g/mol. The number of carbonyl (C=O) groups excluding carboxylic acids is 1. The fraction of sp³-hybridized carbons (Fsp3) is 0.176. The molecule has 0 aliphatic heterocycles. The number of carboxylic acid groups (broad SMARTS) is 1. The van der Waals surface area contributed by atoms with E-state index >= 15 is 0 Å². The number of aryl methyl sites for hydroxylation is 1. The molecule has 0 fully saturated rings. The van der Waals surface area contributed by atoms with E-state index in [0.717, 1.165) is 45.4 Å². The lowest BCUT2D eigenvalue weighted by Gasteiger charge is -2.16. The van der Waals surface area contributed by atoms with Gasteiger partial charge < -0.3 is 15.0 Å². The quantitative estimate of drug-likeness (QED) is 0.207. The van der Waals surface area contributed by atoms with E-state index in [4.69, 9.17) is 0 Å². The Labute approximate surface area is 241 Å². The number of nitrogens with one attached hydrogen (secondary N) is 1. The first-order valence-electron chi connectivity index (χ1n) is 13.4. The van der Waals surface area contributed by atoms with Gasteiger partial charge in [-0.2, -0.15) is 13.2 Å². The van der Waals surface area contributed by atoms with E-state index in [9.17, 15) is 27.9 Å². The number of benzene rings is 4. The van der Waals surface area contributed by atoms with E-state index < -0.39 is 23.8 Å². The van der Waals surface area contributed by atoms with Gasteiger partial charge in [0.1, 0.15) is 0 Å². The molecular weight excluding hydrogens is 541 g/mol. The second kappa shape index (κ2) is 11.2. The summed E-state index contributed by atoms with van der Waals surface area (Å²) in [6.07, 6.45) is -4.41. The molecule has 1 atom stereocenters. The molecule has 5 nitrogen and oxygen atoms in total. The molecule has 0 saturated heterocycles. The van der Waals surface area contributed by atoms with Crippen LogP contribution in [0.3, 0.4) is 0 Å². The van der Waals surface area contributed by atoms with Crippen LogP contribution in [-0.4, -0.2) is 21.6 Å². The van der Waals surface area contributed by atoms with E-state index in [1.807, 2.05) is 56.3 Å². The number of hydrogen-bond acceptors (Lipinski definition) is 2. The zero-order valence-electron chi connectivity index (χ0n) is 23.3. The maximum atomic E-state index is 13.1. The molecule has 0 aliphatic rings. The third-order valence-electron chi connectivity index (χ3n) is 7.75. The standard InChI is InChI=1S/C34H29F3N2O3/c1-20-22(3)39(19-23-8-10-25(11-9-23)28-6-4-5-7-29(28)33(41)42)31-17-14-26(18-30(20)31)32(40)38-21(2)24-12-15-27(16-13-24)34(35,36)37/h4-18,21H,19H2,1-3H3,(H,38,40)(H,41,42)/t21-/m0/s1. The summed E-state index contributed by atoms with van der Waals surface area (Å²) in [4.78, 5) is 24.7. The number of nitrogens with zero attached hydrogens (tertiary/aromatic N) is 1. The average Bonchev–Trinajstić information content (AvgIpc) is 3.21. The zero-order valence-corrected chi connectivity index (χ0v) is 23.3. The lowest BCUT2D eigenvalue weighted by molar-refractivity contribution is -0.137. The minimum Gasteiger partial charge on any atom is -0.478 e. The Morgan fingerprint density at radius 1 is 0.905 bits per heavy atom. The van der Waals surface area contributed by atoms with Gasteiger partial charge in [0.15, 0.2) is 0 Å². The number of carbonyl (C=O) groups is 2. The van der Waals surface area contributed by atoms with Crippen LogP contribution in [0.15, 0.2) is 91.0 Å². The van der Waals surface area contributed by atoms with Crippen LogP contribution in [0.2, 0.25) is 0 Å². The van der Waals surface area contributed by atoms with Crippen molar-refractivity contribution in [2.24, 2.45) is 0 Å². The van der Waals surface area contributed by atoms with E-state index in [0.29, 0.717) is 23.2 Å². The summed E-state index contributed by atoms with van der Waals surface area (Å²) >= 11 is 0. The van der Waals surface area contributed by atoms with Gasteiger partial charge in [0.2, 0.25) is 0 Å². The lowest BCUT2D eigenvalue weighted by atomic mass is 9.99. The first kappa shape index (κ1) is 28.7. The molecule has 0 saturated carbocycles. The molecule has 1 aromatic heterocycles. The molecule has 5 aromatic rings. The second-order valence-electron chi connectivity index (χ2n) is 10.4. The molecule has 42 heavy (non-hydrogen) atoms. The molecule has 5 rings (SSSR count). The van der Waals surface area contributed by atoms with Crippen LogP contribution in [0.25, 0.3) is 22.0 Å². The summed E-state index contributed by atoms with van der Waals surface area (Å²) in [7, 11) is 0. The third kappa shape index (κ3) is 5.65. The first-order chi connectivity index (χ1) is 19.9. The fourth-order valence-corrected chi connectivity index (χ4v) is 5.21. The number of halogens is 3. The van der Waals surface area contributed by atoms with Crippen LogP contribution in [0, 0.1) is 13.8 Å². The van der Waals surface area contributed by atoms with E-state index in [-0.39, 0.29) is 11.5 Å². The van der Waals surface area contributed by atoms with Gasteiger partial charge in [-0.15, -0.1) is 0 Å². The summed E-state index contributed by atoms with van der Waals surface area (Å²) in [6.45, 7) is 6.36. The molecule has 0 spiro atoms. The van der Waals surface area contributed by atoms with Gasteiger partial charge in [0, 0.05) is 28.7 Å². The highest BCUT2D eigenvalue weighted by Crippen LogP contribution is 2.31. The van der Waals surface area contributed by atoms with E-state index in [2.05, 4.69) is 9.88 Å². The number of carboxylic acids is 1. The van der Waals surface area contributed by atoms with E-state index in [1.165, 1.54) is 12.1 Å². The van der Waals surface area contributed by atoms with Crippen molar-refractivity contribution in [1.82, 2.24) is 9.88 Å².